The highest BCUT2D eigenvalue weighted by Crippen LogP contribution is 2.11. The highest BCUT2D eigenvalue weighted by molar-refractivity contribution is 5.72. The average Bonchev–Trinajstić information content (AvgIpc) is 2.49. The molecule has 4 nitrogen and oxygen atoms in total. The van der Waals surface area contributed by atoms with E-state index in [2.05, 4.69) is 0 Å². The van der Waals surface area contributed by atoms with E-state index in [4.69, 9.17) is 9.47 Å². The van der Waals surface area contributed by atoms with Crippen molar-refractivity contribution in [3.8, 4) is 0 Å². The van der Waals surface area contributed by atoms with Gasteiger partial charge in [0.1, 0.15) is 13.2 Å². The third kappa shape index (κ3) is 5.98. The molecule has 0 radical (unpaired) electrons. The van der Waals surface area contributed by atoms with Crippen LogP contribution in [-0.4, -0.2) is 11.9 Å². The molecule has 0 heterocycles. The molecule has 0 N–H and O–H groups in total. The molecule has 0 spiro atoms. The fourth-order valence-electron chi connectivity index (χ4n) is 1.59. The van der Waals surface area contributed by atoms with Crippen LogP contribution >= 0.6 is 0 Å². The lowest BCUT2D eigenvalue weighted by Gasteiger charge is -2.11. The van der Waals surface area contributed by atoms with Crippen LogP contribution in [-0.2, 0) is 32.3 Å². The van der Waals surface area contributed by atoms with Gasteiger partial charge in [-0.1, -0.05) is 45.9 Å². The summed E-state index contributed by atoms with van der Waals surface area (Å²) in [6.07, 6.45) is 0.768. The van der Waals surface area contributed by atoms with E-state index < -0.39 is 0 Å². The molecule has 1 aromatic carbocycles. The third-order valence-electron chi connectivity index (χ3n) is 3.24. The summed E-state index contributed by atoms with van der Waals surface area (Å²) in [7, 11) is 0. The van der Waals surface area contributed by atoms with E-state index in [1.165, 1.54) is 0 Å². The van der Waals surface area contributed by atoms with Crippen molar-refractivity contribution in [3.63, 3.8) is 0 Å². The molecule has 1 atom stereocenters. The van der Waals surface area contributed by atoms with Crippen molar-refractivity contribution < 1.29 is 19.1 Å². The van der Waals surface area contributed by atoms with E-state index in [9.17, 15) is 9.59 Å². The number of rotatable bonds is 7. The van der Waals surface area contributed by atoms with Gasteiger partial charge in [-0.25, -0.2) is 0 Å². The van der Waals surface area contributed by atoms with Crippen molar-refractivity contribution in [2.45, 2.75) is 47.3 Å². The number of ether oxygens (including phenoxy) is 2. The van der Waals surface area contributed by atoms with Crippen LogP contribution in [0.1, 0.15) is 45.2 Å². The summed E-state index contributed by atoms with van der Waals surface area (Å²) < 4.78 is 10.4. The Morgan fingerprint density at radius 1 is 1.00 bits per heavy atom. The monoisotopic (exact) mass is 292 g/mol. The molecule has 0 saturated carbocycles. The van der Waals surface area contributed by atoms with Crippen LogP contribution in [0.3, 0.4) is 0 Å². The van der Waals surface area contributed by atoms with Gasteiger partial charge in [0, 0.05) is 0 Å². The van der Waals surface area contributed by atoms with Crippen molar-refractivity contribution in [1.29, 1.82) is 0 Å². The quantitative estimate of drug-likeness (QED) is 0.722. The Bertz CT molecular complexity index is 479. The lowest BCUT2D eigenvalue weighted by molar-refractivity contribution is -0.149. The number of esters is 2. The molecule has 4 heteroatoms. The van der Waals surface area contributed by atoms with Crippen LogP contribution < -0.4 is 0 Å². The summed E-state index contributed by atoms with van der Waals surface area (Å²) in [4.78, 5) is 23.1. The van der Waals surface area contributed by atoms with Gasteiger partial charge in [-0.3, -0.25) is 9.59 Å². The Hall–Kier alpha value is -1.84. The van der Waals surface area contributed by atoms with Crippen LogP contribution in [0.2, 0.25) is 0 Å². The van der Waals surface area contributed by atoms with Gasteiger partial charge >= 0.3 is 11.9 Å². The Morgan fingerprint density at radius 2 is 1.52 bits per heavy atom. The smallest absolute Gasteiger partial charge is 0.308 e. The van der Waals surface area contributed by atoms with Crippen LogP contribution in [0.5, 0.6) is 0 Å². The Balaban J connectivity index is 2.52. The second-order valence-corrected chi connectivity index (χ2v) is 5.50. The van der Waals surface area contributed by atoms with Crippen molar-refractivity contribution in [2.24, 2.45) is 11.8 Å². The summed E-state index contributed by atoms with van der Waals surface area (Å²) in [5, 5.41) is 0. The highest BCUT2D eigenvalue weighted by Gasteiger charge is 2.12. The molecule has 1 unspecified atom stereocenters. The van der Waals surface area contributed by atoms with E-state index >= 15 is 0 Å². The van der Waals surface area contributed by atoms with Crippen LogP contribution in [0.15, 0.2) is 24.3 Å². The van der Waals surface area contributed by atoms with Gasteiger partial charge in [-0.05, 0) is 23.6 Å². The molecule has 0 fully saturated rings. The molecule has 0 aromatic heterocycles. The zero-order valence-electron chi connectivity index (χ0n) is 13.2. The summed E-state index contributed by atoms with van der Waals surface area (Å²) in [5.74, 6) is -0.623. The minimum absolute atomic E-state index is 0.0832. The van der Waals surface area contributed by atoms with Crippen molar-refractivity contribution in [1.82, 2.24) is 0 Å². The van der Waals surface area contributed by atoms with Gasteiger partial charge in [0.15, 0.2) is 0 Å². The van der Waals surface area contributed by atoms with Gasteiger partial charge < -0.3 is 9.47 Å². The molecule has 0 aliphatic heterocycles. The second-order valence-electron chi connectivity index (χ2n) is 5.50. The van der Waals surface area contributed by atoms with Gasteiger partial charge in [0.05, 0.1) is 11.8 Å². The molecule has 21 heavy (non-hydrogen) atoms. The van der Waals surface area contributed by atoms with Crippen molar-refractivity contribution in [2.75, 3.05) is 0 Å². The lowest BCUT2D eigenvalue weighted by atomic mass is 10.1. The Kier molecular flexibility index (Phi) is 6.92. The van der Waals surface area contributed by atoms with E-state index in [-0.39, 0.29) is 37.0 Å². The van der Waals surface area contributed by atoms with Gasteiger partial charge in [0.2, 0.25) is 0 Å². The zero-order chi connectivity index (χ0) is 15.8. The molecule has 0 aliphatic carbocycles. The maximum atomic E-state index is 11.6. The van der Waals surface area contributed by atoms with Crippen LogP contribution in [0.4, 0.5) is 0 Å². The Morgan fingerprint density at radius 3 is 2.00 bits per heavy atom. The van der Waals surface area contributed by atoms with Crippen molar-refractivity contribution in [3.05, 3.63) is 35.4 Å². The summed E-state index contributed by atoms with van der Waals surface area (Å²) >= 11 is 0. The molecule has 116 valence electrons. The molecule has 1 aromatic rings. The molecular formula is C17H24O4. The number of hydrogen-bond donors (Lipinski definition) is 0. The molecule has 1 rings (SSSR count). The number of hydrogen-bond acceptors (Lipinski definition) is 4. The zero-order valence-corrected chi connectivity index (χ0v) is 13.2. The van der Waals surface area contributed by atoms with Crippen LogP contribution in [0, 0.1) is 11.8 Å². The first-order valence-electron chi connectivity index (χ1n) is 7.35. The Labute approximate surface area is 126 Å². The minimum atomic E-state index is -0.219. The van der Waals surface area contributed by atoms with Crippen molar-refractivity contribution >= 4 is 11.9 Å². The number of carbonyl (C=O) groups excluding carboxylic acids is 2. The summed E-state index contributed by atoms with van der Waals surface area (Å²) in [5.41, 5.74) is 1.78. The summed E-state index contributed by atoms with van der Waals surface area (Å²) in [6.45, 7) is 7.89. The SMILES string of the molecule is CCC(C)C(=O)OCc1cccc(COC(=O)C(C)C)c1. The molecule has 0 bridgehead atoms. The fraction of sp³-hybridized carbons (Fsp3) is 0.529. The predicted octanol–water partition coefficient (Wildman–Crippen LogP) is 3.48. The van der Waals surface area contributed by atoms with E-state index in [1.807, 2.05) is 38.1 Å². The number of carbonyl (C=O) groups is 2. The topological polar surface area (TPSA) is 52.6 Å². The first-order valence-corrected chi connectivity index (χ1v) is 7.35. The fourth-order valence-corrected chi connectivity index (χ4v) is 1.59. The van der Waals surface area contributed by atoms with Crippen LogP contribution in [0.25, 0.3) is 0 Å². The predicted molar refractivity (Wildman–Crippen MR) is 80.3 cm³/mol. The largest absolute Gasteiger partial charge is 0.461 e. The van der Waals surface area contributed by atoms with Gasteiger partial charge in [-0.15, -0.1) is 0 Å². The van der Waals surface area contributed by atoms with E-state index in [0.29, 0.717) is 0 Å². The molecule has 0 amide bonds. The van der Waals surface area contributed by atoms with E-state index in [0.717, 1.165) is 17.5 Å². The maximum absolute atomic E-state index is 11.6. The highest BCUT2D eigenvalue weighted by atomic mass is 16.5. The lowest BCUT2D eigenvalue weighted by Crippen LogP contribution is -2.14. The first-order chi connectivity index (χ1) is 9.93. The number of benzene rings is 1. The average molecular weight is 292 g/mol. The standard InChI is InChI=1S/C17H24O4/c1-5-13(4)17(19)21-11-15-8-6-7-14(9-15)10-20-16(18)12(2)3/h6-9,12-13H,5,10-11H2,1-4H3. The third-order valence-corrected chi connectivity index (χ3v) is 3.24. The minimum Gasteiger partial charge on any atom is -0.461 e. The molecule has 0 saturated heterocycles. The normalized spacial score (nSPS) is 12.0. The second kappa shape index (κ2) is 8.45. The molecule has 0 aliphatic rings. The summed E-state index contributed by atoms with van der Waals surface area (Å²) in [6, 6.07) is 7.52. The van der Waals surface area contributed by atoms with Gasteiger partial charge in [-0.2, -0.15) is 0 Å². The first kappa shape index (κ1) is 17.2. The van der Waals surface area contributed by atoms with Gasteiger partial charge in [0.25, 0.3) is 0 Å². The maximum Gasteiger partial charge on any atom is 0.308 e. The molecular weight excluding hydrogens is 268 g/mol. The van der Waals surface area contributed by atoms with E-state index in [1.54, 1.807) is 13.8 Å².